The normalized spacial score (nSPS) is 11.7. The predicted molar refractivity (Wildman–Crippen MR) is 255 cm³/mol. The van der Waals surface area contributed by atoms with Gasteiger partial charge in [-0.15, -0.1) is 0 Å². The SMILES string of the molecule is C1CCOC1.CC(C)CCBr.CC(C)CCOc1ccc(/C=C/c2ccc(OCCC(C)C)cc2)cc1.CC(C)CCOc1ccc(C=O)cc1.O=Cc1ccc(O)cc1. The fraction of sp³-hybridized carbons (Fsp3) is 0.462. The van der Waals surface area contributed by atoms with Crippen molar-refractivity contribution in [3.05, 3.63) is 119 Å². The van der Waals surface area contributed by atoms with Gasteiger partial charge in [0.15, 0.2) is 0 Å². The van der Waals surface area contributed by atoms with Crippen LogP contribution in [0.25, 0.3) is 12.2 Å². The molecule has 1 fully saturated rings. The third-order valence-corrected chi connectivity index (χ3v) is 9.14. The first-order valence-corrected chi connectivity index (χ1v) is 22.7. The lowest BCUT2D eigenvalue weighted by atomic mass is 10.1. The lowest BCUT2D eigenvalue weighted by Crippen LogP contribution is -2.01. The molecule has 1 saturated heterocycles. The number of carbonyl (C=O) groups excluding carboxylic acids is 2. The summed E-state index contributed by atoms with van der Waals surface area (Å²) < 4.78 is 22.0. The van der Waals surface area contributed by atoms with Crippen molar-refractivity contribution in [3.8, 4) is 23.0 Å². The van der Waals surface area contributed by atoms with Crippen LogP contribution in [0.5, 0.6) is 23.0 Å². The highest BCUT2D eigenvalue weighted by Gasteiger charge is 2.00. The minimum absolute atomic E-state index is 0.181. The average molecular weight is 890 g/mol. The number of aldehydes is 2. The quantitative estimate of drug-likeness (QED) is 0.0604. The minimum atomic E-state index is 0.181. The number of alkyl halides is 1. The summed E-state index contributed by atoms with van der Waals surface area (Å²) in [6.45, 7) is 21.9. The van der Waals surface area contributed by atoms with Gasteiger partial charge in [0, 0.05) is 29.7 Å². The Morgan fingerprint density at radius 2 is 0.800 bits per heavy atom. The maximum absolute atomic E-state index is 10.4. The summed E-state index contributed by atoms with van der Waals surface area (Å²) in [5.74, 6) is 5.73. The van der Waals surface area contributed by atoms with Crippen LogP contribution in [0.4, 0.5) is 0 Å². The van der Waals surface area contributed by atoms with Crippen LogP contribution in [-0.4, -0.2) is 56.0 Å². The molecule has 0 radical (unpaired) electrons. The number of rotatable bonds is 18. The van der Waals surface area contributed by atoms with Crippen LogP contribution in [0.15, 0.2) is 97.1 Å². The van der Waals surface area contributed by atoms with Gasteiger partial charge in [-0.05, 0) is 146 Å². The Morgan fingerprint density at radius 1 is 0.500 bits per heavy atom. The van der Waals surface area contributed by atoms with Crippen molar-refractivity contribution < 1.29 is 33.6 Å². The Hall–Kier alpha value is -4.40. The van der Waals surface area contributed by atoms with Crippen molar-refractivity contribution in [2.24, 2.45) is 23.7 Å². The molecule has 7 nitrogen and oxygen atoms in total. The molecule has 8 heteroatoms. The lowest BCUT2D eigenvalue weighted by molar-refractivity contribution is 0.111. The second-order valence-corrected chi connectivity index (χ2v) is 16.9. The summed E-state index contributed by atoms with van der Waals surface area (Å²) in [5.41, 5.74) is 3.59. The highest BCUT2D eigenvalue weighted by Crippen LogP contribution is 2.18. The zero-order chi connectivity index (χ0) is 44.4. The second kappa shape index (κ2) is 34.3. The first-order chi connectivity index (χ1) is 28.8. The number of hydrogen-bond donors (Lipinski definition) is 1. The molecule has 0 atom stereocenters. The van der Waals surface area contributed by atoms with Gasteiger partial charge in [-0.2, -0.15) is 0 Å². The van der Waals surface area contributed by atoms with E-state index in [1.165, 1.54) is 42.5 Å². The van der Waals surface area contributed by atoms with Gasteiger partial charge in [0.05, 0.1) is 19.8 Å². The van der Waals surface area contributed by atoms with Crippen LogP contribution in [0.3, 0.4) is 0 Å². The fourth-order valence-electron chi connectivity index (χ4n) is 4.70. The molecule has 0 spiro atoms. The van der Waals surface area contributed by atoms with Crippen LogP contribution in [0, 0.1) is 23.7 Å². The maximum atomic E-state index is 10.4. The van der Waals surface area contributed by atoms with Crippen LogP contribution in [0.2, 0.25) is 0 Å². The molecule has 0 saturated carbocycles. The lowest BCUT2D eigenvalue weighted by Gasteiger charge is -2.08. The second-order valence-electron chi connectivity index (χ2n) is 16.2. The Kier molecular flexibility index (Phi) is 30.7. The van der Waals surface area contributed by atoms with Crippen LogP contribution in [-0.2, 0) is 4.74 Å². The average Bonchev–Trinajstić information content (AvgIpc) is 3.83. The van der Waals surface area contributed by atoms with Crippen LogP contribution < -0.4 is 14.2 Å². The summed E-state index contributed by atoms with van der Waals surface area (Å²) >= 11 is 3.35. The molecule has 4 aromatic carbocycles. The molecule has 1 N–H and O–H groups in total. The van der Waals surface area contributed by atoms with Gasteiger partial charge in [0.1, 0.15) is 35.6 Å². The van der Waals surface area contributed by atoms with Crippen molar-refractivity contribution >= 4 is 40.7 Å². The monoisotopic (exact) mass is 888 g/mol. The van der Waals surface area contributed by atoms with E-state index in [4.69, 9.17) is 24.1 Å². The van der Waals surface area contributed by atoms with Gasteiger partial charge in [-0.3, -0.25) is 9.59 Å². The van der Waals surface area contributed by atoms with Crippen molar-refractivity contribution in [1.82, 2.24) is 0 Å². The molecule has 0 aliphatic carbocycles. The molecular weight excluding hydrogens is 816 g/mol. The van der Waals surface area contributed by atoms with Crippen LogP contribution in [0.1, 0.15) is 126 Å². The number of halogens is 1. The van der Waals surface area contributed by atoms with Crippen molar-refractivity contribution in [2.45, 2.75) is 93.9 Å². The van der Waals surface area contributed by atoms with Gasteiger partial charge >= 0.3 is 0 Å². The molecule has 1 aliphatic rings. The molecule has 4 aromatic rings. The maximum Gasteiger partial charge on any atom is 0.150 e. The highest BCUT2D eigenvalue weighted by atomic mass is 79.9. The van der Waals surface area contributed by atoms with Gasteiger partial charge in [-0.25, -0.2) is 0 Å². The van der Waals surface area contributed by atoms with Crippen molar-refractivity contribution in [3.63, 3.8) is 0 Å². The van der Waals surface area contributed by atoms with Crippen LogP contribution >= 0.6 is 15.9 Å². The number of benzene rings is 4. The van der Waals surface area contributed by atoms with E-state index in [-0.39, 0.29) is 5.75 Å². The zero-order valence-corrected chi connectivity index (χ0v) is 39.2. The molecule has 1 aliphatic heterocycles. The van der Waals surface area contributed by atoms with E-state index < -0.39 is 0 Å². The van der Waals surface area contributed by atoms with Gasteiger partial charge in [0.25, 0.3) is 0 Å². The first kappa shape index (κ1) is 53.6. The number of aromatic hydroxyl groups is 1. The van der Waals surface area contributed by atoms with Gasteiger partial charge in [-0.1, -0.05) is 108 Å². The molecule has 0 aromatic heterocycles. The Balaban J connectivity index is 0.000000438. The molecule has 60 heavy (non-hydrogen) atoms. The number of ether oxygens (including phenoxy) is 4. The largest absolute Gasteiger partial charge is 0.508 e. The van der Waals surface area contributed by atoms with Crippen molar-refractivity contribution in [2.75, 3.05) is 38.4 Å². The molecule has 5 rings (SSSR count). The summed E-state index contributed by atoms with van der Waals surface area (Å²) in [6.07, 6.45) is 12.9. The highest BCUT2D eigenvalue weighted by molar-refractivity contribution is 9.09. The zero-order valence-electron chi connectivity index (χ0n) is 37.6. The third-order valence-electron chi connectivity index (χ3n) is 8.68. The summed E-state index contributed by atoms with van der Waals surface area (Å²) in [5, 5.41) is 9.88. The minimum Gasteiger partial charge on any atom is -0.508 e. The molecule has 0 unspecified atom stereocenters. The number of carbonyl (C=O) groups is 2. The summed E-state index contributed by atoms with van der Waals surface area (Å²) in [4.78, 5) is 20.4. The van der Waals surface area contributed by atoms with Gasteiger partial charge < -0.3 is 24.1 Å². The van der Waals surface area contributed by atoms with E-state index in [1.54, 1.807) is 24.3 Å². The number of phenols is 1. The Labute approximate surface area is 371 Å². The van der Waals surface area contributed by atoms with E-state index >= 15 is 0 Å². The summed E-state index contributed by atoms with van der Waals surface area (Å²) in [6, 6.07) is 29.7. The third kappa shape index (κ3) is 29.8. The van der Waals surface area contributed by atoms with Crippen molar-refractivity contribution in [1.29, 1.82) is 0 Å². The molecule has 0 bridgehead atoms. The standard InChI is InChI=1S/C24H32O2.C12H16O2.C7H6O2.C5H11Br.C4H8O/c1-19(2)15-17-25-23-11-7-21(8-12-23)5-6-22-9-13-24(14-10-22)26-18-16-20(3)4;1-10(2)7-8-14-12-5-3-11(9-13)4-6-12;8-5-6-1-3-7(9)4-2-6;1-5(2)3-4-6;1-2-4-5-3-1/h5-14,19-20H,15-18H2,1-4H3;3-6,9-10H,7-8H2,1-2H3;1-5,9H;5H,3-4H2,1-2H3;1-4H2/b6-5+;;;;. The Morgan fingerprint density at radius 3 is 1.03 bits per heavy atom. The number of phenolic OH excluding ortho intramolecular Hbond substituents is 1. The molecular formula is C52H73BrO7. The molecule has 0 amide bonds. The molecule has 330 valence electrons. The summed E-state index contributed by atoms with van der Waals surface area (Å²) in [7, 11) is 0. The molecule has 1 heterocycles. The van der Waals surface area contributed by atoms with E-state index in [0.29, 0.717) is 28.9 Å². The number of hydrogen-bond acceptors (Lipinski definition) is 7. The van der Waals surface area contributed by atoms with E-state index in [9.17, 15) is 9.59 Å². The van der Waals surface area contributed by atoms with Gasteiger partial charge in [0.2, 0.25) is 0 Å². The van der Waals surface area contributed by atoms with E-state index in [1.807, 2.05) is 36.4 Å². The van der Waals surface area contributed by atoms with E-state index in [2.05, 4.69) is 108 Å². The topological polar surface area (TPSA) is 91.3 Å². The fourth-order valence-corrected chi connectivity index (χ4v) is 5.62. The first-order valence-electron chi connectivity index (χ1n) is 21.5. The Bertz CT molecular complexity index is 1580. The smallest absolute Gasteiger partial charge is 0.150 e. The predicted octanol–water partition coefficient (Wildman–Crippen LogP) is 14.1. The van der Waals surface area contributed by atoms with E-state index in [0.717, 1.165) is 93.4 Å².